The Bertz CT molecular complexity index is 438. The molecule has 0 heterocycles. The van der Waals surface area contributed by atoms with E-state index in [0.717, 1.165) is 12.2 Å². The number of carbonyl (C=O) groups is 1. The van der Waals surface area contributed by atoms with Crippen molar-refractivity contribution < 1.29 is 14.6 Å². The van der Waals surface area contributed by atoms with Gasteiger partial charge < -0.3 is 15.2 Å². The maximum atomic E-state index is 10.9. The zero-order valence-corrected chi connectivity index (χ0v) is 10.1. The summed E-state index contributed by atoms with van der Waals surface area (Å²) in [4.78, 5) is 10.9. The van der Waals surface area contributed by atoms with E-state index in [1.165, 1.54) is 12.8 Å². The van der Waals surface area contributed by atoms with Crippen molar-refractivity contribution in [2.45, 2.75) is 19.8 Å². The van der Waals surface area contributed by atoms with Gasteiger partial charge in [-0.25, -0.2) is 4.79 Å². The Morgan fingerprint density at radius 2 is 2.24 bits per heavy atom. The lowest BCUT2D eigenvalue weighted by Crippen LogP contribution is -2.13. The molecule has 4 nitrogen and oxygen atoms in total. The number of nitrogens with one attached hydrogen (secondary N) is 1. The quantitative estimate of drug-likeness (QED) is 0.823. The van der Waals surface area contributed by atoms with E-state index in [0.29, 0.717) is 11.2 Å². The fourth-order valence-electron chi connectivity index (χ4n) is 1.68. The van der Waals surface area contributed by atoms with E-state index >= 15 is 0 Å². The normalized spacial score (nSPS) is 16.4. The molecule has 4 heteroatoms. The van der Waals surface area contributed by atoms with Crippen molar-refractivity contribution in [1.82, 2.24) is 0 Å². The lowest BCUT2D eigenvalue weighted by molar-refractivity contribution is 0.0697. The number of rotatable bonds is 5. The first-order valence-corrected chi connectivity index (χ1v) is 5.69. The SMILES string of the molecule is COc1ccc(C(=O)O)cc1NCC1(C)CC1. The molecule has 1 aromatic carbocycles. The Balaban J connectivity index is 2.16. The minimum atomic E-state index is -0.923. The monoisotopic (exact) mass is 235 g/mol. The minimum Gasteiger partial charge on any atom is -0.495 e. The molecule has 0 aromatic heterocycles. The minimum absolute atomic E-state index is 0.272. The molecule has 1 aliphatic carbocycles. The van der Waals surface area contributed by atoms with Gasteiger partial charge >= 0.3 is 5.97 Å². The van der Waals surface area contributed by atoms with E-state index in [-0.39, 0.29) is 5.56 Å². The second-order valence-electron chi connectivity index (χ2n) is 4.88. The highest BCUT2D eigenvalue weighted by Crippen LogP contribution is 2.45. The van der Waals surface area contributed by atoms with Crippen molar-refractivity contribution in [1.29, 1.82) is 0 Å². The molecule has 1 aliphatic rings. The molecule has 1 aromatic rings. The van der Waals surface area contributed by atoms with Crippen LogP contribution in [0, 0.1) is 5.41 Å². The number of hydrogen-bond donors (Lipinski definition) is 2. The Hall–Kier alpha value is -1.71. The maximum absolute atomic E-state index is 10.9. The van der Waals surface area contributed by atoms with E-state index in [4.69, 9.17) is 9.84 Å². The van der Waals surface area contributed by atoms with Crippen molar-refractivity contribution >= 4 is 11.7 Å². The summed E-state index contributed by atoms with van der Waals surface area (Å²) in [7, 11) is 1.58. The second kappa shape index (κ2) is 4.28. The van der Waals surface area contributed by atoms with Crippen molar-refractivity contribution in [3.63, 3.8) is 0 Å². The molecular formula is C13H17NO3. The van der Waals surface area contributed by atoms with Gasteiger partial charge in [0.15, 0.2) is 0 Å². The van der Waals surface area contributed by atoms with E-state index in [9.17, 15) is 4.79 Å². The zero-order valence-electron chi connectivity index (χ0n) is 10.1. The molecule has 0 saturated heterocycles. The van der Waals surface area contributed by atoms with Crippen LogP contribution in [0.2, 0.25) is 0 Å². The highest BCUT2D eigenvalue weighted by atomic mass is 16.5. The van der Waals surface area contributed by atoms with E-state index in [1.54, 1.807) is 25.3 Å². The number of aromatic carboxylic acids is 1. The van der Waals surface area contributed by atoms with Crippen molar-refractivity contribution in [2.24, 2.45) is 5.41 Å². The third kappa shape index (κ3) is 2.70. The number of carboxylic acid groups (broad SMARTS) is 1. The molecule has 0 spiro atoms. The average molecular weight is 235 g/mol. The molecule has 2 N–H and O–H groups in total. The second-order valence-corrected chi connectivity index (χ2v) is 4.88. The van der Waals surface area contributed by atoms with Gasteiger partial charge in [0.2, 0.25) is 0 Å². The molecule has 0 bridgehead atoms. The van der Waals surface area contributed by atoms with Crippen LogP contribution in [0.15, 0.2) is 18.2 Å². The van der Waals surface area contributed by atoms with Crippen LogP contribution in [0.5, 0.6) is 5.75 Å². The number of carboxylic acids is 1. The van der Waals surface area contributed by atoms with Crippen LogP contribution in [0.4, 0.5) is 5.69 Å². The fraction of sp³-hybridized carbons (Fsp3) is 0.462. The van der Waals surface area contributed by atoms with Gasteiger partial charge in [0.1, 0.15) is 5.75 Å². The number of ether oxygens (including phenoxy) is 1. The summed E-state index contributed by atoms with van der Waals surface area (Å²) in [5.74, 6) is -0.243. The van der Waals surface area contributed by atoms with Crippen LogP contribution in [-0.4, -0.2) is 24.7 Å². The molecule has 2 rings (SSSR count). The lowest BCUT2D eigenvalue weighted by Gasteiger charge is -2.14. The van der Waals surface area contributed by atoms with Gasteiger partial charge in [-0.15, -0.1) is 0 Å². The Morgan fingerprint density at radius 3 is 2.76 bits per heavy atom. The highest BCUT2D eigenvalue weighted by Gasteiger charge is 2.36. The number of benzene rings is 1. The van der Waals surface area contributed by atoms with Gasteiger partial charge in [-0.2, -0.15) is 0 Å². The highest BCUT2D eigenvalue weighted by molar-refractivity contribution is 5.89. The van der Waals surface area contributed by atoms with Gasteiger partial charge in [-0.1, -0.05) is 6.92 Å². The average Bonchev–Trinajstić information content (AvgIpc) is 3.05. The summed E-state index contributed by atoms with van der Waals surface area (Å²) in [6, 6.07) is 4.85. The van der Waals surface area contributed by atoms with Crippen LogP contribution in [0.3, 0.4) is 0 Å². The lowest BCUT2D eigenvalue weighted by atomic mass is 10.1. The summed E-state index contributed by atoms with van der Waals surface area (Å²) >= 11 is 0. The Kier molecular flexibility index (Phi) is 2.96. The smallest absolute Gasteiger partial charge is 0.335 e. The first kappa shape index (κ1) is 11.8. The summed E-state index contributed by atoms with van der Waals surface area (Å²) in [5, 5.41) is 12.2. The van der Waals surface area contributed by atoms with Gasteiger partial charge in [-0.3, -0.25) is 0 Å². The van der Waals surface area contributed by atoms with Crippen molar-refractivity contribution in [3.05, 3.63) is 23.8 Å². The van der Waals surface area contributed by atoms with Crippen LogP contribution in [-0.2, 0) is 0 Å². The van der Waals surface area contributed by atoms with E-state index < -0.39 is 5.97 Å². The molecule has 17 heavy (non-hydrogen) atoms. The van der Waals surface area contributed by atoms with Gasteiger partial charge in [0.05, 0.1) is 18.4 Å². The van der Waals surface area contributed by atoms with Crippen LogP contribution >= 0.6 is 0 Å². The summed E-state index contributed by atoms with van der Waals surface area (Å²) in [5.41, 5.74) is 1.39. The van der Waals surface area contributed by atoms with E-state index in [1.807, 2.05) is 0 Å². The molecule has 1 fully saturated rings. The van der Waals surface area contributed by atoms with Crippen molar-refractivity contribution in [2.75, 3.05) is 19.0 Å². The third-order valence-corrected chi connectivity index (χ3v) is 3.26. The number of anilines is 1. The molecular weight excluding hydrogens is 218 g/mol. The summed E-state index contributed by atoms with van der Waals surface area (Å²) in [6.45, 7) is 3.07. The summed E-state index contributed by atoms with van der Waals surface area (Å²) in [6.07, 6.45) is 2.45. The predicted octanol–water partition coefficient (Wildman–Crippen LogP) is 2.61. The van der Waals surface area contributed by atoms with Crippen LogP contribution in [0.25, 0.3) is 0 Å². The summed E-state index contributed by atoms with van der Waals surface area (Å²) < 4.78 is 5.21. The largest absolute Gasteiger partial charge is 0.495 e. The van der Waals surface area contributed by atoms with Gasteiger partial charge in [-0.05, 0) is 36.5 Å². The van der Waals surface area contributed by atoms with Crippen LogP contribution in [0.1, 0.15) is 30.1 Å². The Morgan fingerprint density at radius 1 is 1.53 bits per heavy atom. The molecule has 0 radical (unpaired) electrons. The molecule has 0 amide bonds. The third-order valence-electron chi connectivity index (χ3n) is 3.26. The van der Waals surface area contributed by atoms with E-state index in [2.05, 4.69) is 12.2 Å². The first-order valence-electron chi connectivity index (χ1n) is 5.69. The fourth-order valence-corrected chi connectivity index (χ4v) is 1.68. The zero-order chi connectivity index (χ0) is 12.5. The first-order chi connectivity index (χ1) is 8.04. The number of methoxy groups -OCH3 is 1. The molecule has 92 valence electrons. The predicted molar refractivity (Wildman–Crippen MR) is 65.8 cm³/mol. The standard InChI is InChI=1S/C13H17NO3/c1-13(5-6-13)8-14-10-7-9(12(15)16)3-4-11(10)17-2/h3-4,7,14H,5-6,8H2,1-2H3,(H,15,16). The van der Waals surface area contributed by atoms with Gasteiger partial charge in [0.25, 0.3) is 0 Å². The molecule has 0 aliphatic heterocycles. The maximum Gasteiger partial charge on any atom is 0.335 e. The molecule has 0 unspecified atom stereocenters. The topological polar surface area (TPSA) is 58.6 Å². The number of hydrogen-bond acceptors (Lipinski definition) is 3. The van der Waals surface area contributed by atoms with Crippen molar-refractivity contribution in [3.8, 4) is 5.75 Å². The molecule has 1 saturated carbocycles. The Labute approximate surface area is 101 Å². The van der Waals surface area contributed by atoms with Crippen LogP contribution < -0.4 is 10.1 Å². The molecule has 0 atom stereocenters. The van der Waals surface area contributed by atoms with Gasteiger partial charge in [0, 0.05) is 6.54 Å².